The molecule has 0 amide bonds. The lowest BCUT2D eigenvalue weighted by Gasteiger charge is -2.11. The highest BCUT2D eigenvalue weighted by Crippen LogP contribution is 2.30. The average molecular weight is 329 g/mol. The van der Waals surface area contributed by atoms with Gasteiger partial charge in [0.25, 0.3) is 0 Å². The zero-order valence-electron chi connectivity index (χ0n) is 13.7. The Morgan fingerprint density at radius 1 is 1.26 bits per heavy atom. The van der Waals surface area contributed by atoms with Gasteiger partial charge in [-0.3, -0.25) is 4.79 Å². The van der Waals surface area contributed by atoms with Gasteiger partial charge in [-0.15, -0.1) is 11.3 Å². The van der Waals surface area contributed by atoms with Crippen LogP contribution in [0.3, 0.4) is 0 Å². The summed E-state index contributed by atoms with van der Waals surface area (Å²) in [7, 11) is 0. The number of nitrogens with zero attached hydrogens (tertiary/aromatic N) is 1. The minimum atomic E-state index is -0.0316. The molecular weight excluding hydrogens is 310 g/mol. The van der Waals surface area contributed by atoms with Crippen LogP contribution in [-0.4, -0.2) is 11.6 Å². The van der Waals surface area contributed by atoms with Gasteiger partial charge in [0.2, 0.25) is 5.43 Å². The second-order valence-electron chi connectivity index (χ2n) is 5.40. The summed E-state index contributed by atoms with van der Waals surface area (Å²) in [5, 5.41) is 3.23. The van der Waals surface area contributed by atoms with E-state index in [9.17, 15) is 4.79 Å². The molecule has 0 saturated heterocycles. The molecule has 0 radical (unpaired) electrons. The fourth-order valence-corrected chi connectivity index (χ4v) is 3.55. The first-order valence-corrected chi connectivity index (χ1v) is 8.58. The predicted molar refractivity (Wildman–Crippen MR) is 93.6 cm³/mol. The van der Waals surface area contributed by atoms with Crippen molar-refractivity contribution >= 4 is 22.3 Å². The van der Waals surface area contributed by atoms with Crippen molar-refractivity contribution in [3.8, 4) is 16.3 Å². The van der Waals surface area contributed by atoms with Gasteiger partial charge >= 0.3 is 0 Å². The van der Waals surface area contributed by atoms with Gasteiger partial charge in [0, 0.05) is 17.1 Å². The molecule has 4 nitrogen and oxygen atoms in total. The van der Waals surface area contributed by atoms with E-state index in [1.807, 2.05) is 38.3 Å². The maximum absolute atomic E-state index is 13.0. The van der Waals surface area contributed by atoms with Crippen LogP contribution in [0.4, 0.5) is 0 Å². The normalized spacial score (nSPS) is 11.1. The van der Waals surface area contributed by atoms with Crippen molar-refractivity contribution in [3.63, 3.8) is 0 Å². The third-order valence-corrected chi connectivity index (χ3v) is 4.74. The highest BCUT2D eigenvalue weighted by molar-refractivity contribution is 7.13. The van der Waals surface area contributed by atoms with E-state index in [4.69, 9.17) is 9.15 Å². The number of thiazole rings is 1. The standard InChI is InChI=1S/C18H19NO3S/c1-5-12-7-13-15(8-14(12)21-6-2)22-11(4)16(17(13)20)18-19-10(3)9-23-18/h7-9H,5-6H2,1-4H3. The summed E-state index contributed by atoms with van der Waals surface area (Å²) >= 11 is 1.46. The van der Waals surface area contributed by atoms with Crippen LogP contribution in [0.5, 0.6) is 5.75 Å². The molecule has 0 fully saturated rings. The highest BCUT2D eigenvalue weighted by atomic mass is 32.1. The molecule has 1 aromatic carbocycles. The van der Waals surface area contributed by atoms with E-state index in [0.29, 0.717) is 33.9 Å². The van der Waals surface area contributed by atoms with Crippen molar-refractivity contribution in [2.45, 2.75) is 34.1 Å². The summed E-state index contributed by atoms with van der Waals surface area (Å²) in [5.41, 5.74) is 3.00. The van der Waals surface area contributed by atoms with Crippen LogP contribution in [0, 0.1) is 13.8 Å². The Kier molecular flexibility index (Phi) is 4.22. The van der Waals surface area contributed by atoms with E-state index >= 15 is 0 Å². The van der Waals surface area contributed by atoms with Crippen LogP contribution in [0.25, 0.3) is 21.5 Å². The number of hydrogen-bond acceptors (Lipinski definition) is 5. The average Bonchev–Trinajstić information content (AvgIpc) is 2.93. The van der Waals surface area contributed by atoms with E-state index in [2.05, 4.69) is 4.98 Å². The molecule has 0 aliphatic carbocycles. The summed E-state index contributed by atoms with van der Waals surface area (Å²) in [5.74, 6) is 1.37. The van der Waals surface area contributed by atoms with Crippen LogP contribution in [0.15, 0.2) is 26.7 Å². The Labute approximate surface area is 138 Å². The quantitative estimate of drug-likeness (QED) is 0.707. The summed E-state index contributed by atoms with van der Waals surface area (Å²) in [6.45, 7) is 8.30. The van der Waals surface area contributed by atoms with Gasteiger partial charge in [0.1, 0.15) is 22.1 Å². The Morgan fingerprint density at radius 3 is 2.65 bits per heavy atom. The van der Waals surface area contributed by atoms with Gasteiger partial charge in [-0.05, 0) is 38.8 Å². The van der Waals surface area contributed by atoms with Gasteiger partial charge in [-0.1, -0.05) is 6.92 Å². The molecule has 3 aromatic rings. The van der Waals surface area contributed by atoms with E-state index in [1.165, 1.54) is 11.3 Å². The summed E-state index contributed by atoms with van der Waals surface area (Å²) in [6, 6.07) is 3.71. The molecule has 120 valence electrons. The number of hydrogen-bond donors (Lipinski definition) is 0. The molecule has 2 aromatic heterocycles. The third kappa shape index (κ3) is 2.77. The Balaban J connectivity index is 2.30. The summed E-state index contributed by atoms with van der Waals surface area (Å²) in [6.07, 6.45) is 0.796. The number of benzene rings is 1. The molecule has 0 unspecified atom stereocenters. The van der Waals surface area contributed by atoms with Crippen LogP contribution >= 0.6 is 11.3 Å². The van der Waals surface area contributed by atoms with E-state index < -0.39 is 0 Å². The number of aryl methyl sites for hydroxylation is 3. The minimum Gasteiger partial charge on any atom is -0.493 e. The molecule has 23 heavy (non-hydrogen) atoms. The van der Waals surface area contributed by atoms with Crippen molar-refractivity contribution in [2.75, 3.05) is 6.61 Å². The summed E-state index contributed by atoms with van der Waals surface area (Å²) < 4.78 is 11.6. The topological polar surface area (TPSA) is 52.3 Å². The van der Waals surface area contributed by atoms with E-state index in [0.717, 1.165) is 23.4 Å². The van der Waals surface area contributed by atoms with E-state index in [-0.39, 0.29) is 5.43 Å². The number of rotatable bonds is 4. The maximum atomic E-state index is 13.0. The first-order chi connectivity index (χ1) is 11.0. The number of ether oxygens (including phenoxy) is 1. The SMILES string of the molecule is CCOc1cc2oc(C)c(-c3nc(C)cs3)c(=O)c2cc1CC. The molecule has 0 N–H and O–H groups in total. The molecule has 0 aliphatic rings. The predicted octanol–water partition coefficient (Wildman–Crippen LogP) is 4.49. The third-order valence-electron chi connectivity index (χ3n) is 3.76. The fraction of sp³-hybridized carbons (Fsp3) is 0.333. The minimum absolute atomic E-state index is 0.0316. The van der Waals surface area contributed by atoms with Crippen molar-refractivity contribution in [3.05, 3.63) is 44.8 Å². The van der Waals surface area contributed by atoms with Gasteiger partial charge in [0.05, 0.1) is 17.6 Å². The van der Waals surface area contributed by atoms with Crippen molar-refractivity contribution in [1.82, 2.24) is 4.98 Å². The second-order valence-corrected chi connectivity index (χ2v) is 6.26. The molecule has 0 spiro atoms. The Bertz CT molecular complexity index is 924. The Hall–Kier alpha value is -2.14. The zero-order valence-corrected chi connectivity index (χ0v) is 14.5. The maximum Gasteiger partial charge on any atom is 0.203 e. The van der Waals surface area contributed by atoms with Gasteiger partial charge in [-0.25, -0.2) is 4.98 Å². The Morgan fingerprint density at radius 2 is 2.04 bits per heavy atom. The molecule has 0 aliphatic heterocycles. The zero-order chi connectivity index (χ0) is 16.6. The lowest BCUT2D eigenvalue weighted by Crippen LogP contribution is -2.08. The van der Waals surface area contributed by atoms with Crippen LogP contribution in [0.1, 0.15) is 30.9 Å². The lowest BCUT2D eigenvalue weighted by molar-refractivity contribution is 0.336. The van der Waals surface area contributed by atoms with Crippen LogP contribution < -0.4 is 10.2 Å². The monoisotopic (exact) mass is 329 g/mol. The van der Waals surface area contributed by atoms with Gasteiger partial charge < -0.3 is 9.15 Å². The molecule has 5 heteroatoms. The van der Waals surface area contributed by atoms with Crippen LogP contribution in [0.2, 0.25) is 0 Å². The van der Waals surface area contributed by atoms with E-state index in [1.54, 1.807) is 6.92 Å². The molecule has 0 bridgehead atoms. The van der Waals surface area contributed by atoms with Gasteiger partial charge in [0.15, 0.2) is 0 Å². The van der Waals surface area contributed by atoms with Gasteiger partial charge in [-0.2, -0.15) is 0 Å². The fourth-order valence-electron chi connectivity index (χ4n) is 2.66. The van der Waals surface area contributed by atoms with Crippen molar-refractivity contribution in [1.29, 1.82) is 0 Å². The highest BCUT2D eigenvalue weighted by Gasteiger charge is 2.18. The van der Waals surface area contributed by atoms with Crippen molar-refractivity contribution < 1.29 is 9.15 Å². The number of fused-ring (bicyclic) bond motifs is 1. The largest absolute Gasteiger partial charge is 0.493 e. The lowest BCUT2D eigenvalue weighted by atomic mass is 10.1. The van der Waals surface area contributed by atoms with Crippen molar-refractivity contribution in [2.24, 2.45) is 0 Å². The second kappa shape index (κ2) is 6.16. The molecule has 2 heterocycles. The molecule has 0 saturated carbocycles. The first-order valence-electron chi connectivity index (χ1n) is 7.70. The molecule has 3 rings (SSSR count). The van der Waals surface area contributed by atoms with Crippen LogP contribution in [-0.2, 0) is 6.42 Å². The smallest absolute Gasteiger partial charge is 0.203 e. The molecule has 0 atom stereocenters. The molecular formula is C18H19NO3S. The summed E-state index contributed by atoms with van der Waals surface area (Å²) in [4.78, 5) is 17.4. The number of aromatic nitrogens is 1. The first kappa shape index (κ1) is 15.7.